The van der Waals surface area contributed by atoms with E-state index in [1.54, 1.807) is 24.3 Å². The number of rotatable bonds is 2. The summed E-state index contributed by atoms with van der Waals surface area (Å²) < 4.78 is 38.3. The summed E-state index contributed by atoms with van der Waals surface area (Å²) in [5.41, 5.74) is 0.00830. The van der Waals surface area contributed by atoms with Crippen LogP contribution in [0.3, 0.4) is 0 Å². The first-order valence-corrected chi connectivity index (χ1v) is 8.24. The van der Waals surface area contributed by atoms with Gasteiger partial charge in [-0.25, -0.2) is 4.99 Å². The minimum absolute atomic E-state index is 0.255. The monoisotopic (exact) mass is 382 g/mol. The summed E-state index contributed by atoms with van der Waals surface area (Å²) >= 11 is 7.06. The number of aliphatic imine (C=N–C) groups is 1. The molecule has 0 spiro atoms. The average molecular weight is 383 g/mol. The van der Waals surface area contributed by atoms with Gasteiger partial charge in [0.05, 0.1) is 21.2 Å². The third-order valence-electron chi connectivity index (χ3n) is 3.24. The number of thioether (sulfide) groups is 1. The highest BCUT2D eigenvalue weighted by atomic mass is 35.5. The number of para-hydroxylation sites is 1. The molecule has 2 aromatic carbocycles. The van der Waals surface area contributed by atoms with Crippen molar-refractivity contribution in [1.82, 2.24) is 5.32 Å². The number of amides is 1. The average Bonchev–Trinajstić information content (AvgIpc) is 2.89. The molecular formula is C17H10ClF3N2OS. The fourth-order valence-electron chi connectivity index (χ4n) is 2.09. The third-order valence-corrected chi connectivity index (χ3v) is 4.47. The van der Waals surface area contributed by atoms with Gasteiger partial charge in [0, 0.05) is 0 Å². The zero-order valence-electron chi connectivity index (χ0n) is 12.5. The summed E-state index contributed by atoms with van der Waals surface area (Å²) in [5.74, 6) is -0.423. The minimum atomic E-state index is -4.43. The van der Waals surface area contributed by atoms with Gasteiger partial charge in [-0.3, -0.25) is 4.79 Å². The zero-order valence-corrected chi connectivity index (χ0v) is 14.0. The van der Waals surface area contributed by atoms with Crippen LogP contribution in [0.2, 0.25) is 5.02 Å². The Balaban J connectivity index is 1.86. The number of carbonyl (C=O) groups is 1. The summed E-state index contributed by atoms with van der Waals surface area (Å²) in [5, 5.41) is 3.32. The highest BCUT2D eigenvalue weighted by Gasteiger charge is 2.30. The molecule has 0 aromatic heterocycles. The van der Waals surface area contributed by atoms with E-state index in [0.29, 0.717) is 15.9 Å². The number of alkyl halides is 3. The first-order chi connectivity index (χ1) is 11.8. The van der Waals surface area contributed by atoms with E-state index < -0.39 is 17.6 Å². The lowest BCUT2D eigenvalue weighted by Gasteiger charge is -2.06. The molecule has 0 radical (unpaired) electrons. The molecule has 1 fully saturated rings. The molecule has 1 amide bonds. The Labute approximate surface area is 150 Å². The second-order valence-corrected chi connectivity index (χ2v) is 6.49. The molecule has 2 aromatic rings. The maximum atomic E-state index is 12.8. The van der Waals surface area contributed by atoms with Crippen molar-refractivity contribution in [2.24, 2.45) is 4.99 Å². The van der Waals surface area contributed by atoms with Gasteiger partial charge in [-0.2, -0.15) is 13.2 Å². The van der Waals surface area contributed by atoms with Gasteiger partial charge in [0.1, 0.15) is 0 Å². The molecule has 8 heteroatoms. The van der Waals surface area contributed by atoms with Crippen LogP contribution in [-0.4, -0.2) is 11.1 Å². The second-order valence-electron chi connectivity index (χ2n) is 5.06. The summed E-state index contributed by atoms with van der Waals surface area (Å²) in [6.07, 6.45) is -3.04. The van der Waals surface area contributed by atoms with Gasteiger partial charge < -0.3 is 5.32 Å². The molecule has 3 nitrogen and oxygen atoms in total. The largest absolute Gasteiger partial charge is 0.416 e. The summed E-state index contributed by atoms with van der Waals surface area (Å²) in [7, 11) is 0. The number of amidine groups is 1. The molecule has 0 unspecified atom stereocenters. The van der Waals surface area contributed by atoms with Crippen LogP contribution in [0.15, 0.2) is 58.4 Å². The van der Waals surface area contributed by atoms with Crippen LogP contribution in [0.25, 0.3) is 6.08 Å². The molecule has 128 valence electrons. The SMILES string of the molecule is O=C1NC(=Nc2ccccc2Cl)S/C1=C/c1cccc(C(F)(F)F)c1. The predicted molar refractivity (Wildman–Crippen MR) is 93.7 cm³/mol. The number of nitrogens with one attached hydrogen (secondary N) is 1. The molecule has 0 atom stereocenters. The van der Waals surface area contributed by atoms with E-state index >= 15 is 0 Å². The number of hydrogen-bond donors (Lipinski definition) is 1. The van der Waals surface area contributed by atoms with Gasteiger partial charge in [-0.05, 0) is 47.7 Å². The Morgan fingerprint density at radius 1 is 1.12 bits per heavy atom. The summed E-state index contributed by atoms with van der Waals surface area (Å²) in [6.45, 7) is 0. The Morgan fingerprint density at radius 3 is 2.60 bits per heavy atom. The quantitative estimate of drug-likeness (QED) is 0.721. The Kier molecular flexibility index (Phi) is 4.87. The lowest BCUT2D eigenvalue weighted by atomic mass is 10.1. The maximum Gasteiger partial charge on any atom is 0.416 e. The van der Waals surface area contributed by atoms with E-state index in [-0.39, 0.29) is 10.5 Å². The van der Waals surface area contributed by atoms with Crippen LogP contribution in [0.1, 0.15) is 11.1 Å². The minimum Gasteiger partial charge on any atom is -0.300 e. The summed E-state index contributed by atoms with van der Waals surface area (Å²) in [6, 6.07) is 11.6. The van der Waals surface area contributed by atoms with E-state index in [1.165, 1.54) is 18.2 Å². The highest BCUT2D eigenvalue weighted by molar-refractivity contribution is 8.18. The van der Waals surface area contributed by atoms with Gasteiger partial charge in [-0.1, -0.05) is 35.9 Å². The fraction of sp³-hybridized carbons (Fsp3) is 0.0588. The van der Waals surface area contributed by atoms with Crippen LogP contribution < -0.4 is 5.32 Å². The van der Waals surface area contributed by atoms with Crippen LogP contribution in [-0.2, 0) is 11.0 Å². The molecule has 1 saturated heterocycles. The Hall–Kier alpha value is -2.25. The van der Waals surface area contributed by atoms with E-state index in [2.05, 4.69) is 10.3 Å². The smallest absolute Gasteiger partial charge is 0.300 e. The number of hydrogen-bond acceptors (Lipinski definition) is 3. The van der Waals surface area contributed by atoms with Gasteiger partial charge >= 0.3 is 6.18 Å². The molecule has 0 aliphatic carbocycles. The first kappa shape index (κ1) is 17.6. The lowest BCUT2D eigenvalue weighted by Crippen LogP contribution is -2.19. The van der Waals surface area contributed by atoms with E-state index in [1.807, 2.05) is 0 Å². The van der Waals surface area contributed by atoms with Gasteiger partial charge in [0.25, 0.3) is 5.91 Å². The van der Waals surface area contributed by atoms with Crippen molar-refractivity contribution in [1.29, 1.82) is 0 Å². The van der Waals surface area contributed by atoms with E-state index in [9.17, 15) is 18.0 Å². The third kappa shape index (κ3) is 4.24. The number of carbonyl (C=O) groups excluding carboxylic acids is 1. The van der Waals surface area contributed by atoms with Crippen molar-refractivity contribution in [3.63, 3.8) is 0 Å². The van der Waals surface area contributed by atoms with Crippen molar-refractivity contribution in [3.05, 3.63) is 69.6 Å². The number of benzene rings is 2. The van der Waals surface area contributed by atoms with Crippen LogP contribution >= 0.6 is 23.4 Å². The van der Waals surface area contributed by atoms with E-state index in [4.69, 9.17) is 11.6 Å². The van der Waals surface area contributed by atoms with Crippen LogP contribution in [0, 0.1) is 0 Å². The number of halogens is 4. The molecular weight excluding hydrogens is 373 g/mol. The lowest BCUT2D eigenvalue weighted by molar-refractivity contribution is -0.137. The van der Waals surface area contributed by atoms with Crippen LogP contribution in [0.4, 0.5) is 18.9 Å². The van der Waals surface area contributed by atoms with Crippen molar-refractivity contribution < 1.29 is 18.0 Å². The first-order valence-electron chi connectivity index (χ1n) is 7.04. The maximum absolute atomic E-state index is 12.8. The molecule has 1 heterocycles. The van der Waals surface area contributed by atoms with Gasteiger partial charge in [-0.15, -0.1) is 0 Å². The topological polar surface area (TPSA) is 41.5 Å². The Morgan fingerprint density at radius 2 is 1.88 bits per heavy atom. The Bertz CT molecular complexity index is 893. The van der Waals surface area contributed by atoms with Crippen LogP contribution in [0.5, 0.6) is 0 Å². The van der Waals surface area contributed by atoms with Gasteiger partial charge in [0.15, 0.2) is 5.17 Å². The molecule has 0 bridgehead atoms. The normalized spacial score (nSPS) is 18.0. The molecule has 3 rings (SSSR count). The van der Waals surface area contributed by atoms with Crippen molar-refractivity contribution >= 4 is 46.2 Å². The molecule has 1 N–H and O–H groups in total. The van der Waals surface area contributed by atoms with Gasteiger partial charge in [0.2, 0.25) is 0 Å². The zero-order chi connectivity index (χ0) is 18.0. The second kappa shape index (κ2) is 6.93. The highest BCUT2D eigenvalue weighted by Crippen LogP contribution is 2.33. The molecule has 1 aliphatic rings. The van der Waals surface area contributed by atoms with Crippen molar-refractivity contribution in [3.8, 4) is 0 Å². The molecule has 0 saturated carbocycles. The van der Waals surface area contributed by atoms with Crippen molar-refractivity contribution in [2.75, 3.05) is 0 Å². The molecule has 25 heavy (non-hydrogen) atoms. The number of nitrogens with zero attached hydrogens (tertiary/aromatic N) is 1. The van der Waals surface area contributed by atoms with Crippen molar-refractivity contribution in [2.45, 2.75) is 6.18 Å². The fourth-order valence-corrected chi connectivity index (χ4v) is 3.10. The molecule has 1 aliphatic heterocycles. The summed E-state index contributed by atoms with van der Waals surface area (Å²) in [4.78, 5) is 16.5. The standard InChI is InChI=1S/C17H10ClF3N2OS/c18-12-6-1-2-7-13(12)22-16-23-15(24)14(25-16)9-10-4-3-5-11(8-10)17(19,20)21/h1-9H,(H,22,23,24)/b14-9+. The van der Waals surface area contributed by atoms with E-state index in [0.717, 1.165) is 23.9 Å². The predicted octanol–water partition coefficient (Wildman–Crippen LogP) is 5.25.